The van der Waals surface area contributed by atoms with E-state index in [1.54, 1.807) is 7.11 Å². The zero-order valence-electron chi connectivity index (χ0n) is 11.1. The Morgan fingerprint density at radius 1 is 1.37 bits per heavy atom. The van der Waals surface area contributed by atoms with Gasteiger partial charge in [-0.05, 0) is 29.7 Å². The molecule has 2 aromatic rings. The van der Waals surface area contributed by atoms with Gasteiger partial charge in [0.1, 0.15) is 6.10 Å². The van der Waals surface area contributed by atoms with Crippen molar-refractivity contribution >= 4 is 0 Å². The molecule has 1 aliphatic heterocycles. The molecule has 1 atom stereocenters. The van der Waals surface area contributed by atoms with Crippen LogP contribution in [0.15, 0.2) is 22.7 Å². The maximum absolute atomic E-state index is 5.33. The summed E-state index contributed by atoms with van der Waals surface area (Å²) < 4.78 is 10.6. The van der Waals surface area contributed by atoms with Gasteiger partial charge < -0.3 is 14.6 Å². The van der Waals surface area contributed by atoms with Crippen molar-refractivity contribution < 1.29 is 9.26 Å². The largest absolute Gasteiger partial charge is 0.373 e. The number of aromatic nitrogens is 2. The number of ether oxygens (including phenoxy) is 1. The van der Waals surface area contributed by atoms with Crippen LogP contribution in [0.3, 0.4) is 0 Å². The fraction of sp³-hybridized carbons (Fsp3) is 0.429. The Morgan fingerprint density at radius 3 is 3.00 bits per heavy atom. The van der Waals surface area contributed by atoms with Gasteiger partial charge in [0.15, 0.2) is 0 Å². The van der Waals surface area contributed by atoms with E-state index in [9.17, 15) is 0 Å². The molecule has 1 unspecified atom stereocenters. The van der Waals surface area contributed by atoms with Gasteiger partial charge in [0.2, 0.25) is 5.82 Å². The van der Waals surface area contributed by atoms with E-state index in [1.807, 2.05) is 13.0 Å². The first-order chi connectivity index (χ1) is 9.31. The molecule has 0 amide bonds. The summed E-state index contributed by atoms with van der Waals surface area (Å²) in [7, 11) is 1.66. The summed E-state index contributed by atoms with van der Waals surface area (Å²) in [6.07, 6.45) is 0.720. The van der Waals surface area contributed by atoms with Gasteiger partial charge >= 0.3 is 0 Å². The Bertz CT molecular complexity index is 576. The highest BCUT2D eigenvalue weighted by atomic mass is 16.5. The van der Waals surface area contributed by atoms with Gasteiger partial charge in [-0.25, -0.2) is 0 Å². The van der Waals surface area contributed by atoms with E-state index in [2.05, 4.69) is 27.6 Å². The Labute approximate surface area is 112 Å². The van der Waals surface area contributed by atoms with Crippen LogP contribution in [0.4, 0.5) is 0 Å². The van der Waals surface area contributed by atoms with Crippen molar-refractivity contribution in [2.45, 2.75) is 32.5 Å². The van der Waals surface area contributed by atoms with Crippen molar-refractivity contribution in [1.29, 1.82) is 0 Å². The van der Waals surface area contributed by atoms with Crippen LogP contribution in [0.1, 0.15) is 36.4 Å². The second kappa shape index (κ2) is 5.11. The summed E-state index contributed by atoms with van der Waals surface area (Å²) in [6, 6.07) is 6.25. The van der Waals surface area contributed by atoms with Crippen molar-refractivity contribution in [3.05, 3.63) is 35.2 Å². The smallest absolute Gasteiger partial charge is 0.258 e. The lowest BCUT2D eigenvalue weighted by atomic mass is 10.1. The third kappa shape index (κ3) is 2.27. The minimum Gasteiger partial charge on any atom is -0.373 e. The maximum atomic E-state index is 5.33. The predicted octanol–water partition coefficient (Wildman–Crippen LogP) is 2.44. The van der Waals surface area contributed by atoms with Gasteiger partial charge in [0, 0.05) is 25.8 Å². The van der Waals surface area contributed by atoms with Gasteiger partial charge in [-0.15, -0.1) is 0 Å². The van der Waals surface area contributed by atoms with Crippen LogP contribution in [0.25, 0.3) is 11.5 Å². The molecule has 0 spiro atoms. The molecule has 5 heteroatoms. The number of benzene rings is 1. The lowest BCUT2D eigenvalue weighted by Gasteiger charge is -2.06. The maximum Gasteiger partial charge on any atom is 0.258 e. The molecule has 3 rings (SSSR count). The summed E-state index contributed by atoms with van der Waals surface area (Å²) in [5.74, 6) is 1.17. The van der Waals surface area contributed by atoms with Crippen LogP contribution in [0.2, 0.25) is 0 Å². The van der Waals surface area contributed by atoms with E-state index in [4.69, 9.17) is 9.26 Å². The molecule has 1 aromatic carbocycles. The molecule has 0 saturated carbocycles. The van der Waals surface area contributed by atoms with E-state index >= 15 is 0 Å². The average molecular weight is 259 g/mol. The van der Waals surface area contributed by atoms with E-state index < -0.39 is 0 Å². The second-order valence-electron chi connectivity index (χ2n) is 4.68. The second-order valence-corrected chi connectivity index (χ2v) is 4.68. The summed E-state index contributed by atoms with van der Waals surface area (Å²) in [4.78, 5) is 4.42. The third-order valence-corrected chi connectivity index (χ3v) is 3.47. The molecule has 2 heterocycles. The number of rotatable bonds is 4. The fourth-order valence-electron chi connectivity index (χ4n) is 2.37. The minimum atomic E-state index is -0.103. The van der Waals surface area contributed by atoms with Crippen LogP contribution in [0.5, 0.6) is 0 Å². The van der Waals surface area contributed by atoms with Crippen molar-refractivity contribution in [2.24, 2.45) is 0 Å². The topological polar surface area (TPSA) is 60.2 Å². The molecular weight excluding hydrogens is 242 g/mol. The first-order valence-electron chi connectivity index (χ1n) is 6.51. The standard InChI is InChI=1S/C14H17N3O2/c1-3-12(18-2)13-16-14(19-17-13)9-4-5-10-7-15-8-11(10)6-9/h4-6,12,15H,3,7-8H2,1-2H3. The van der Waals surface area contributed by atoms with Gasteiger partial charge in [0.25, 0.3) is 5.89 Å². The molecule has 0 radical (unpaired) electrons. The lowest BCUT2D eigenvalue weighted by molar-refractivity contribution is 0.0903. The summed E-state index contributed by atoms with van der Waals surface area (Å²) in [5, 5.41) is 7.32. The number of methoxy groups -OCH3 is 1. The molecule has 100 valence electrons. The number of hydrogen-bond donors (Lipinski definition) is 1. The predicted molar refractivity (Wildman–Crippen MR) is 70.3 cm³/mol. The Kier molecular flexibility index (Phi) is 3.31. The van der Waals surface area contributed by atoms with Gasteiger partial charge in [0.05, 0.1) is 0 Å². The highest BCUT2D eigenvalue weighted by Crippen LogP contribution is 2.25. The lowest BCUT2D eigenvalue weighted by Crippen LogP contribution is -2.01. The normalized spacial score (nSPS) is 15.5. The Morgan fingerprint density at radius 2 is 2.21 bits per heavy atom. The van der Waals surface area contributed by atoms with Crippen LogP contribution in [-0.2, 0) is 17.8 Å². The first-order valence-corrected chi connectivity index (χ1v) is 6.51. The SMILES string of the molecule is CCC(OC)c1noc(-c2ccc3c(c2)CNC3)n1. The quantitative estimate of drug-likeness (QED) is 0.913. The van der Waals surface area contributed by atoms with Crippen LogP contribution in [0, 0.1) is 0 Å². The zero-order chi connectivity index (χ0) is 13.2. The molecule has 1 aliphatic rings. The molecule has 5 nitrogen and oxygen atoms in total. The summed E-state index contributed by atoms with van der Waals surface area (Å²) in [5.41, 5.74) is 3.61. The number of nitrogens with one attached hydrogen (secondary N) is 1. The van der Waals surface area contributed by atoms with E-state index in [0.29, 0.717) is 11.7 Å². The van der Waals surface area contributed by atoms with Crippen molar-refractivity contribution in [3.8, 4) is 11.5 Å². The number of hydrogen-bond acceptors (Lipinski definition) is 5. The third-order valence-electron chi connectivity index (χ3n) is 3.47. The zero-order valence-corrected chi connectivity index (χ0v) is 11.1. The molecule has 1 aromatic heterocycles. The highest BCUT2D eigenvalue weighted by Gasteiger charge is 2.18. The molecule has 1 N–H and O–H groups in total. The van der Waals surface area contributed by atoms with E-state index in [0.717, 1.165) is 25.1 Å². The van der Waals surface area contributed by atoms with Crippen LogP contribution < -0.4 is 5.32 Å². The highest BCUT2D eigenvalue weighted by molar-refractivity contribution is 5.56. The average Bonchev–Trinajstić information content (AvgIpc) is 3.08. The fourth-order valence-corrected chi connectivity index (χ4v) is 2.37. The monoisotopic (exact) mass is 259 g/mol. The molecular formula is C14H17N3O2. The van der Waals surface area contributed by atoms with E-state index in [-0.39, 0.29) is 6.10 Å². The number of fused-ring (bicyclic) bond motifs is 1. The minimum absolute atomic E-state index is 0.103. The van der Waals surface area contributed by atoms with Crippen molar-refractivity contribution in [2.75, 3.05) is 7.11 Å². The molecule has 0 fully saturated rings. The van der Waals surface area contributed by atoms with Crippen LogP contribution in [-0.4, -0.2) is 17.3 Å². The van der Waals surface area contributed by atoms with Gasteiger partial charge in [-0.1, -0.05) is 18.1 Å². The Hall–Kier alpha value is -1.72. The molecule has 19 heavy (non-hydrogen) atoms. The van der Waals surface area contributed by atoms with E-state index in [1.165, 1.54) is 11.1 Å². The summed E-state index contributed by atoms with van der Waals surface area (Å²) in [6.45, 7) is 3.87. The number of nitrogens with zero attached hydrogens (tertiary/aromatic N) is 2. The van der Waals surface area contributed by atoms with Gasteiger partial charge in [-0.2, -0.15) is 4.98 Å². The Balaban J connectivity index is 1.90. The van der Waals surface area contributed by atoms with Crippen molar-refractivity contribution in [3.63, 3.8) is 0 Å². The van der Waals surface area contributed by atoms with Crippen LogP contribution >= 0.6 is 0 Å². The molecule has 0 aliphatic carbocycles. The molecule has 0 bridgehead atoms. The first kappa shape index (κ1) is 12.3. The van der Waals surface area contributed by atoms with Crippen molar-refractivity contribution in [1.82, 2.24) is 15.5 Å². The van der Waals surface area contributed by atoms with Gasteiger partial charge in [-0.3, -0.25) is 0 Å². The molecule has 0 saturated heterocycles. The summed E-state index contributed by atoms with van der Waals surface area (Å²) >= 11 is 0.